The van der Waals surface area contributed by atoms with Gasteiger partial charge in [-0.05, 0) is 42.2 Å². The molecule has 0 radical (unpaired) electrons. The molecule has 27 heavy (non-hydrogen) atoms. The van der Waals surface area contributed by atoms with Gasteiger partial charge in [0.2, 0.25) is 10.0 Å². The average Bonchev–Trinajstić information content (AvgIpc) is 3.14. The summed E-state index contributed by atoms with van der Waals surface area (Å²) in [7, 11) is -7.38. The van der Waals surface area contributed by atoms with E-state index in [4.69, 9.17) is 4.42 Å². The lowest BCUT2D eigenvalue weighted by Gasteiger charge is -2.17. The third kappa shape index (κ3) is 5.67. The van der Waals surface area contributed by atoms with Crippen LogP contribution in [-0.2, 0) is 19.9 Å². The molecule has 2 aromatic rings. The molecule has 1 aromatic carbocycles. The van der Waals surface area contributed by atoms with Gasteiger partial charge in [0.15, 0.2) is 9.84 Å². The Hall–Kier alpha value is -1.64. The van der Waals surface area contributed by atoms with E-state index in [1.165, 1.54) is 6.26 Å². The van der Waals surface area contributed by atoms with Crippen LogP contribution >= 0.6 is 0 Å². The van der Waals surface area contributed by atoms with Gasteiger partial charge in [-0.25, -0.2) is 21.6 Å². The van der Waals surface area contributed by atoms with E-state index in [0.29, 0.717) is 6.42 Å². The molecule has 0 fully saturated rings. The smallest absolute Gasteiger partial charge is 0.211 e. The molecule has 0 saturated heterocycles. The molecular formula is C19H27NO5S2. The summed E-state index contributed by atoms with van der Waals surface area (Å²) in [5.74, 6) is 0.464. The minimum absolute atomic E-state index is 0.0303. The van der Waals surface area contributed by atoms with Crippen LogP contribution in [0.4, 0.5) is 0 Å². The van der Waals surface area contributed by atoms with Crippen molar-refractivity contribution in [2.24, 2.45) is 0 Å². The molecule has 0 saturated carbocycles. The highest BCUT2D eigenvalue weighted by atomic mass is 32.2. The van der Waals surface area contributed by atoms with E-state index in [2.05, 4.69) is 4.72 Å². The molecular weight excluding hydrogens is 386 g/mol. The third-order valence-electron chi connectivity index (χ3n) is 4.37. The molecule has 1 atom stereocenters. The van der Waals surface area contributed by atoms with E-state index in [9.17, 15) is 16.8 Å². The van der Waals surface area contributed by atoms with Gasteiger partial charge in [-0.3, -0.25) is 0 Å². The molecule has 1 aromatic heterocycles. The van der Waals surface area contributed by atoms with Crippen LogP contribution in [0.2, 0.25) is 0 Å². The highest BCUT2D eigenvalue weighted by molar-refractivity contribution is 7.92. The lowest BCUT2D eigenvalue weighted by molar-refractivity contribution is 0.486. The van der Waals surface area contributed by atoms with Crippen LogP contribution in [0, 0.1) is 0 Å². The Balaban J connectivity index is 2.30. The standard InChI is InChI=1S/C19H27NO5S2/c1-4-5-13-26(21,22)20-14-19(18-7-6-12-25-18)27(23,24)17-10-8-16(9-11-17)15(2)3/h6-12,15,19-20H,4-5,13-14H2,1-3H3/t19-/m1/s1. The van der Waals surface area contributed by atoms with E-state index in [1.807, 2.05) is 20.8 Å². The van der Waals surface area contributed by atoms with Crippen molar-refractivity contribution < 1.29 is 21.3 Å². The number of sulfonamides is 1. The number of hydrogen-bond donors (Lipinski definition) is 1. The second-order valence-corrected chi connectivity index (χ2v) is 10.9. The largest absolute Gasteiger partial charge is 0.468 e. The van der Waals surface area contributed by atoms with Gasteiger partial charge in [-0.1, -0.05) is 39.3 Å². The Morgan fingerprint density at radius 1 is 1.04 bits per heavy atom. The first kappa shape index (κ1) is 21.7. The number of hydrogen-bond acceptors (Lipinski definition) is 5. The first-order chi connectivity index (χ1) is 12.7. The zero-order valence-electron chi connectivity index (χ0n) is 15.9. The normalized spacial score (nSPS) is 13.8. The van der Waals surface area contributed by atoms with Crippen LogP contribution in [0.25, 0.3) is 0 Å². The van der Waals surface area contributed by atoms with Gasteiger partial charge in [0.1, 0.15) is 11.0 Å². The maximum Gasteiger partial charge on any atom is 0.211 e. The highest BCUT2D eigenvalue weighted by Crippen LogP contribution is 2.30. The molecule has 2 rings (SSSR count). The van der Waals surface area contributed by atoms with Gasteiger partial charge in [-0.15, -0.1) is 0 Å². The zero-order valence-corrected chi connectivity index (χ0v) is 17.5. The Morgan fingerprint density at radius 3 is 2.22 bits per heavy atom. The van der Waals surface area contributed by atoms with Crippen molar-refractivity contribution in [3.05, 3.63) is 54.0 Å². The molecule has 1 heterocycles. The first-order valence-corrected chi connectivity index (χ1v) is 12.2. The molecule has 0 aliphatic heterocycles. The Kier molecular flexibility index (Phi) is 7.25. The van der Waals surface area contributed by atoms with Crippen molar-refractivity contribution in [2.45, 2.75) is 49.7 Å². The van der Waals surface area contributed by atoms with E-state index in [0.717, 1.165) is 12.0 Å². The third-order valence-corrected chi connectivity index (χ3v) is 7.88. The summed E-state index contributed by atoms with van der Waals surface area (Å²) >= 11 is 0. The number of furan rings is 1. The summed E-state index contributed by atoms with van der Waals surface area (Å²) in [6, 6.07) is 9.82. The quantitative estimate of drug-likeness (QED) is 0.642. The predicted octanol–water partition coefficient (Wildman–Crippen LogP) is 3.64. The van der Waals surface area contributed by atoms with Gasteiger partial charge >= 0.3 is 0 Å². The molecule has 0 aliphatic rings. The van der Waals surface area contributed by atoms with E-state index >= 15 is 0 Å². The zero-order chi connectivity index (χ0) is 20.1. The van der Waals surface area contributed by atoms with Crippen LogP contribution in [0.15, 0.2) is 52.0 Å². The monoisotopic (exact) mass is 413 g/mol. The fraction of sp³-hybridized carbons (Fsp3) is 0.474. The van der Waals surface area contributed by atoms with Crippen LogP contribution < -0.4 is 4.72 Å². The Morgan fingerprint density at radius 2 is 1.70 bits per heavy atom. The summed E-state index contributed by atoms with van der Waals surface area (Å²) in [5.41, 5.74) is 1.03. The summed E-state index contributed by atoms with van der Waals surface area (Å²) in [6.07, 6.45) is 2.64. The van der Waals surface area contributed by atoms with Crippen molar-refractivity contribution in [3.63, 3.8) is 0 Å². The number of sulfone groups is 1. The number of nitrogens with one attached hydrogen (secondary N) is 1. The summed E-state index contributed by atoms with van der Waals surface area (Å²) < 4.78 is 58.2. The molecule has 0 bridgehead atoms. The molecule has 0 aliphatic carbocycles. The van der Waals surface area contributed by atoms with Crippen LogP contribution in [0.5, 0.6) is 0 Å². The van der Waals surface area contributed by atoms with Crippen molar-refractivity contribution >= 4 is 19.9 Å². The molecule has 1 N–H and O–H groups in total. The SMILES string of the molecule is CCCCS(=O)(=O)NC[C@H](c1ccco1)S(=O)(=O)c1ccc(C(C)C)cc1. The van der Waals surface area contributed by atoms with Crippen LogP contribution in [-0.4, -0.2) is 29.1 Å². The van der Waals surface area contributed by atoms with Crippen molar-refractivity contribution in [3.8, 4) is 0 Å². The van der Waals surface area contributed by atoms with E-state index in [1.54, 1.807) is 36.4 Å². The summed E-state index contributed by atoms with van der Waals surface area (Å²) in [5, 5.41) is -1.13. The Bertz CT molecular complexity index is 915. The van der Waals surface area contributed by atoms with Gasteiger partial charge in [-0.2, -0.15) is 0 Å². The topological polar surface area (TPSA) is 93.4 Å². The number of benzene rings is 1. The lowest BCUT2D eigenvalue weighted by Crippen LogP contribution is -2.33. The van der Waals surface area contributed by atoms with Crippen molar-refractivity contribution in [1.29, 1.82) is 0 Å². The molecule has 6 nitrogen and oxygen atoms in total. The van der Waals surface area contributed by atoms with Gasteiger partial charge < -0.3 is 4.42 Å². The second kappa shape index (κ2) is 9.03. The molecule has 0 unspecified atom stereocenters. The van der Waals surface area contributed by atoms with Gasteiger partial charge in [0.25, 0.3) is 0 Å². The number of unbranched alkanes of at least 4 members (excludes halogenated alkanes) is 1. The molecule has 150 valence electrons. The van der Waals surface area contributed by atoms with Crippen LogP contribution in [0.3, 0.4) is 0 Å². The minimum Gasteiger partial charge on any atom is -0.468 e. The maximum absolute atomic E-state index is 13.1. The fourth-order valence-electron chi connectivity index (χ4n) is 2.65. The lowest BCUT2D eigenvalue weighted by atomic mass is 10.0. The maximum atomic E-state index is 13.1. The highest BCUT2D eigenvalue weighted by Gasteiger charge is 2.32. The summed E-state index contributed by atoms with van der Waals surface area (Å²) in [6.45, 7) is 5.68. The van der Waals surface area contributed by atoms with Gasteiger partial charge in [0, 0.05) is 6.54 Å². The second-order valence-electron chi connectivity index (χ2n) is 6.79. The van der Waals surface area contributed by atoms with Crippen LogP contribution in [0.1, 0.15) is 56.1 Å². The minimum atomic E-state index is -3.83. The summed E-state index contributed by atoms with van der Waals surface area (Å²) in [4.78, 5) is 0.140. The van der Waals surface area contributed by atoms with Gasteiger partial charge in [0.05, 0.1) is 16.9 Å². The molecule has 0 amide bonds. The average molecular weight is 414 g/mol. The fourth-order valence-corrected chi connectivity index (χ4v) is 5.58. The first-order valence-electron chi connectivity index (χ1n) is 9.02. The molecule has 0 spiro atoms. The van der Waals surface area contributed by atoms with E-state index in [-0.39, 0.29) is 28.9 Å². The van der Waals surface area contributed by atoms with Crippen molar-refractivity contribution in [1.82, 2.24) is 4.72 Å². The van der Waals surface area contributed by atoms with E-state index < -0.39 is 25.1 Å². The number of rotatable bonds is 10. The Labute approximate surface area is 162 Å². The molecule has 8 heteroatoms. The van der Waals surface area contributed by atoms with Crippen molar-refractivity contribution in [2.75, 3.05) is 12.3 Å². The predicted molar refractivity (Wildman–Crippen MR) is 106 cm³/mol.